The van der Waals surface area contributed by atoms with Crippen LogP contribution < -0.4 is 0 Å². The van der Waals surface area contributed by atoms with Gasteiger partial charge in [0.05, 0.1) is 5.92 Å². The summed E-state index contributed by atoms with van der Waals surface area (Å²) in [5, 5.41) is 0. The minimum atomic E-state index is -2.45. The Bertz CT molecular complexity index is 231. The molecule has 0 fully saturated rings. The summed E-state index contributed by atoms with van der Waals surface area (Å²) in [6.45, 7) is 0. The standard InChI is InChI=1S/C10H12F2O/c11-10(12)9(6-7-13)8-4-2-1-3-5-8/h2,4-5,7,9-10H,1,3,6H2. The van der Waals surface area contributed by atoms with Gasteiger partial charge in [-0.3, -0.25) is 0 Å². The predicted molar refractivity (Wildman–Crippen MR) is 46.6 cm³/mol. The average Bonchev–Trinajstić information content (AvgIpc) is 2.15. The predicted octanol–water partition coefficient (Wildman–Crippen LogP) is 2.73. The van der Waals surface area contributed by atoms with Gasteiger partial charge in [0.25, 0.3) is 0 Å². The van der Waals surface area contributed by atoms with E-state index < -0.39 is 12.3 Å². The number of allylic oxidation sites excluding steroid dienone is 4. The summed E-state index contributed by atoms with van der Waals surface area (Å²) >= 11 is 0. The van der Waals surface area contributed by atoms with Gasteiger partial charge in [-0.2, -0.15) is 0 Å². The third-order valence-electron chi connectivity index (χ3n) is 2.11. The minimum absolute atomic E-state index is 0.0894. The van der Waals surface area contributed by atoms with Crippen LogP contribution in [0.4, 0.5) is 8.78 Å². The largest absolute Gasteiger partial charge is 0.303 e. The summed E-state index contributed by atoms with van der Waals surface area (Å²) in [7, 11) is 0. The molecule has 1 nitrogen and oxygen atoms in total. The van der Waals surface area contributed by atoms with Crippen LogP contribution in [0.15, 0.2) is 23.8 Å². The molecule has 0 saturated carbocycles. The fourth-order valence-corrected chi connectivity index (χ4v) is 1.40. The molecule has 0 saturated heterocycles. The van der Waals surface area contributed by atoms with E-state index in [0.717, 1.165) is 12.8 Å². The zero-order valence-electron chi connectivity index (χ0n) is 7.25. The summed E-state index contributed by atoms with van der Waals surface area (Å²) in [6.07, 6.45) is 5.08. The van der Waals surface area contributed by atoms with Crippen LogP contribution in [0.1, 0.15) is 19.3 Å². The fourth-order valence-electron chi connectivity index (χ4n) is 1.40. The van der Waals surface area contributed by atoms with Crippen molar-refractivity contribution in [2.45, 2.75) is 25.7 Å². The normalized spacial score (nSPS) is 18.5. The number of aldehydes is 1. The smallest absolute Gasteiger partial charge is 0.245 e. The maximum atomic E-state index is 12.4. The van der Waals surface area contributed by atoms with Gasteiger partial charge in [-0.1, -0.05) is 18.2 Å². The van der Waals surface area contributed by atoms with Crippen LogP contribution >= 0.6 is 0 Å². The SMILES string of the molecule is O=CCC(C1=CCCC=C1)C(F)F. The Kier molecular flexibility index (Phi) is 3.80. The van der Waals surface area contributed by atoms with Crippen molar-refractivity contribution < 1.29 is 13.6 Å². The van der Waals surface area contributed by atoms with Crippen LogP contribution in [-0.4, -0.2) is 12.7 Å². The highest BCUT2D eigenvalue weighted by Crippen LogP contribution is 2.26. The van der Waals surface area contributed by atoms with Crippen LogP contribution in [0.5, 0.6) is 0 Å². The first-order valence-electron chi connectivity index (χ1n) is 4.34. The van der Waals surface area contributed by atoms with Gasteiger partial charge in [0.15, 0.2) is 0 Å². The van der Waals surface area contributed by atoms with E-state index in [-0.39, 0.29) is 6.42 Å². The van der Waals surface area contributed by atoms with E-state index in [4.69, 9.17) is 0 Å². The first kappa shape index (κ1) is 10.1. The van der Waals surface area contributed by atoms with Gasteiger partial charge in [-0.25, -0.2) is 8.78 Å². The lowest BCUT2D eigenvalue weighted by Gasteiger charge is -2.16. The number of carbonyl (C=O) groups is 1. The molecular formula is C10H12F2O. The molecule has 0 amide bonds. The zero-order valence-corrected chi connectivity index (χ0v) is 7.25. The fraction of sp³-hybridized carbons (Fsp3) is 0.500. The van der Waals surface area contributed by atoms with E-state index in [1.165, 1.54) is 0 Å². The maximum absolute atomic E-state index is 12.4. The Morgan fingerprint density at radius 2 is 2.23 bits per heavy atom. The van der Waals surface area contributed by atoms with Crippen LogP contribution in [-0.2, 0) is 4.79 Å². The molecule has 72 valence electrons. The highest BCUT2D eigenvalue weighted by molar-refractivity contribution is 5.51. The lowest BCUT2D eigenvalue weighted by atomic mass is 9.92. The topological polar surface area (TPSA) is 17.1 Å². The van der Waals surface area contributed by atoms with Crippen molar-refractivity contribution in [2.75, 3.05) is 0 Å². The molecule has 1 rings (SSSR count). The van der Waals surface area contributed by atoms with Gasteiger partial charge in [-0.15, -0.1) is 0 Å². The first-order chi connectivity index (χ1) is 6.25. The van der Waals surface area contributed by atoms with Crippen molar-refractivity contribution in [1.29, 1.82) is 0 Å². The van der Waals surface area contributed by atoms with Gasteiger partial charge in [0.2, 0.25) is 6.43 Å². The van der Waals surface area contributed by atoms with E-state index in [1.807, 2.05) is 6.08 Å². The summed E-state index contributed by atoms with van der Waals surface area (Å²) in [5.74, 6) is -0.908. The van der Waals surface area contributed by atoms with Gasteiger partial charge >= 0.3 is 0 Å². The summed E-state index contributed by atoms with van der Waals surface area (Å²) < 4.78 is 24.9. The van der Waals surface area contributed by atoms with E-state index in [9.17, 15) is 13.6 Å². The van der Waals surface area contributed by atoms with Crippen molar-refractivity contribution >= 4 is 6.29 Å². The molecule has 0 aliphatic heterocycles. The lowest BCUT2D eigenvalue weighted by Crippen LogP contribution is -2.14. The Hall–Kier alpha value is -0.990. The highest BCUT2D eigenvalue weighted by atomic mass is 19.3. The third kappa shape index (κ3) is 2.76. The maximum Gasteiger partial charge on any atom is 0.245 e. The number of hydrogen-bond acceptors (Lipinski definition) is 1. The number of alkyl halides is 2. The van der Waals surface area contributed by atoms with Crippen molar-refractivity contribution in [2.24, 2.45) is 5.92 Å². The molecule has 1 atom stereocenters. The van der Waals surface area contributed by atoms with Gasteiger partial charge in [0.1, 0.15) is 6.29 Å². The summed E-state index contributed by atoms with van der Waals surface area (Å²) in [4.78, 5) is 10.2. The van der Waals surface area contributed by atoms with Crippen molar-refractivity contribution in [3.63, 3.8) is 0 Å². The quantitative estimate of drug-likeness (QED) is 0.617. The molecule has 0 radical (unpaired) electrons. The molecule has 1 unspecified atom stereocenters. The van der Waals surface area contributed by atoms with E-state index in [2.05, 4.69) is 0 Å². The van der Waals surface area contributed by atoms with Crippen molar-refractivity contribution in [3.8, 4) is 0 Å². The third-order valence-corrected chi connectivity index (χ3v) is 2.11. The van der Waals surface area contributed by atoms with E-state index in [0.29, 0.717) is 11.9 Å². The van der Waals surface area contributed by atoms with Gasteiger partial charge in [0, 0.05) is 6.42 Å². The molecule has 0 heterocycles. The highest BCUT2D eigenvalue weighted by Gasteiger charge is 2.22. The summed E-state index contributed by atoms with van der Waals surface area (Å²) in [5.41, 5.74) is 0.605. The molecule has 1 aliphatic carbocycles. The second kappa shape index (κ2) is 4.90. The molecular weight excluding hydrogens is 174 g/mol. The zero-order chi connectivity index (χ0) is 9.68. The number of hydrogen-bond donors (Lipinski definition) is 0. The molecule has 3 heteroatoms. The van der Waals surface area contributed by atoms with Crippen LogP contribution in [0.2, 0.25) is 0 Å². The molecule has 0 aromatic carbocycles. The van der Waals surface area contributed by atoms with Crippen LogP contribution in [0.3, 0.4) is 0 Å². The number of carbonyl (C=O) groups excluding carboxylic acids is 1. The van der Waals surface area contributed by atoms with Gasteiger partial charge in [-0.05, 0) is 18.4 Å². The molecule has 13 heavy (non-hydrogen) atoms. The number of rotatable bonds is 4. The second-order valence-corrected chi connectivity index (χ2v) is 3.03. The van der Waals surface area contributed by atoms with Crippen LogP contribution in [0.25, 0.3) is 0 Å². The minimum Gasteiger partial charge on any atom is -0.303 e. The second-order valence-electron chi connectivity index (χ2n) is 3.03. The first-order valence-corrected chi connectivity index (χ1v) is 4.34. The lowest BCUT2D eigenvalue weighted by molar-refractivity contribution is -0.109. The molecule has 0 aromatic heterocycles. The Labute approximate surface area is 76.1 Å². The van der Waals surface area contributed by atoms with Crippen molar-refractivity contribution in [1.82, 2.24) is 0 Å². The number of halogens is 2. The Balaban J connectivity index is 2.68. The average molecular weight is 186 g/mol. The van der Waals surface area contributed by atoms with Gasteiger partial charge < -0.3 is 4.79 Å². The monoisotopic (exact) mass is 186 g/mol. The molecule has 0 aromatic rings. The summed E-state index contributed by atoms with van der Waals surface area (Å²) in [6, 6.07) is 0. The Morgan fingerprint density at radius 3 is 2.69 bits per heavy atom. The Morgan fingerprint density at radius 1 is 1.46 bits per heavy atom. The molecule has 0 N–H and O–H groups in total. The molecule has 0 spiro atoms. The van der Waals surface area contributed by atoms with Crippen molar-refractivity contribution in [3.05, 3.63) is 23.8 Å². The molecule has 0 bridgehead atoms. The molecule has 1 aliphatic rings. The van der Waals surface area contributed by atoms with E-state index in [1.54, 1.807) is 12.2 Å². The van der Waals surface area contributed by atoms with Crippen LogP contribution in [0, 0.1) is 5.92 Å². The van der Waals surface area contributed by atoms with E-state index >= 15 is 0 Å².